The van der Waals surface area contributed by atoms with Gasteiger partial charge in [0.05, 0.1) is 24.3 Å². The van der Waals surface area contributed by atoms with E-state index < -0.39 is 0 Å². The molecular formula is C29H34N4O3. The number of hydrogen-bond donors (Lipinski definition) is 0. The molecule has 1 atom stereocenters. The molecule has 1 aliphatic heterocycles. The number of allylic oxidation sites excluding steroid dienone is 1. The quantitative estimate of drug-likeness (QED) is 0.492. The van der Waals surface area contributed by atoms with Crippen LogP contribution in [0.5, 0.6) is 0 Å². The largest absolute Gasteiger partial charge is 0.384 e. The van der Waals surface area contributed by atoms with Crippen LogP contribution in [-0.4, -0.2) is 61.0 Å². The second-order valence-electron chi connectivity index (χ2n) is 9.88. The van der Waals surface area contributed by atoms with Crippen molar-refractivity contribution >= 4 is 17.5 Å². The van der Waals surface area contributed by atoms with Crippen molar-refractivity contribution in [1.29, 1.82) is 5.26 Å². The van der Waals surface area contributed by atoms with E-state index in [0.717, 1.165) is 35.2 Å². The minimum absolute atomic E-state index is 0.0167. The number of ether oxygens (including phenoxy) is 1. The van der Waals surface area contributed by atoms with E-state index in [1.54, 1.807) is 14.0 Å². The summed E-state index contributed by atoms with van der Waals surface area (Å²) >= 11 is 0. The smallest absolute Gasteiger partial charge is 0.225 e. The first-order valence-corrected chi connectivity index (χ1v) is 12.6. The molecule has 0 N–H and O–H groups in total. The predicted molar refractivity (Wildman–Crippen MR) is 140 cm³/mol. The van der Waals surface area contributed by atoms with E-state index in [1.807, 2.05) is 42.2 Å². The molecule has 1 aromatic carbocycles. The molecule has 0 radical (unpaired) electrons. The lowest BCUT2D eigenvalue weighted by Gasteiger charge is -2.41. The molecule has 7 nitrogen and oxygen atoms in total. The molecule has 0 spiro atoms. The van der Waals surface area contributed by atoms with E-state index in [9.17, 15) is 14.9 Å². The number of Topliss-reactive ketones (excluding diaryl/α,β-unsaturated/α-hetero) is 1. The van der Waals surface area contributed by atoms with Gasteiger partial charge >= 0.3 is 0 Å². The Balaban J connectivity index is 1.63. The zero-order chi connectivity index (χ0) is 25.8. The van der Waals surface area contributed by atoms with Crippen molar-refractivity contribution in [3.63, 3.8) is 0 Å². The minimum atomic E-state index is 0.0167. The van der Waals surface area contributed by atoms with Gasteiger partial charge in [0.2, 0.25) is 5.91 Å². The molecule has 1 aromatic heterocycles. The summed E-state index contributed by atoms with van der Waals surface area (Å²) in [5.41, 5.74) is 4.95. The highest BCUT2D eigenvalue weighted by molar-refractivity contribution is 5.95. The third kappa shape index (κ3) is 5.66. The standard InChI is InChI=1S/C29H34N4O3/c1-19(2)26(34)15-21-6-5-7-23(14-21)25-16-24(17-30)29(31-28(25)22-8-9-22)32-11-12-33(20(3)18-32)27(35)10-13-36-4/h5-7,14,16,20,22H,1,8-13,15,18H2,2-4H3/t20-/m1/s1. The fourth-order valence-corrected chi connectivity index (χ4v) is 4.78. The monoisotopic (exact) mass is 486 g/mol. The van der Waals surface area contributed by atoms with Gasteiger partial charge in [0, 0.05) is 50.7 Å². The first-order valence-electron chi connectivity index (χ1n) is 12.6. The number of carbonyl (C=O) groups excluding carboxylic acids is 2. The van der Waals surface area contributed by atoms with Crippen molar-refractivity contribution in [1.82, 2.24) is 9.88 Å². The van der Waals surface area contributed by atoms with Crippen LogP contribution in [0.15, 0.2) is 42.5 Å². The van der Waals surface area contributed by atoms with Crippen LogP contribution in [-0.2, 0) is 20.7 Å². The lowest BCUT2D eigenvalue weighted by molar-refractivity contribution is -0.134. The van der Waals surface area contributed by atoms with E-state index in [1.165, 1.54) is 0 Å². The number of amides is 1. The van der Waals surface area contributed by atoms with Gasteiger partial charge < -0.3 is 14.5 Å². The fourth-order valence-electron chi connectivity index (χ4n) is 4.78. The zero-order valence-electron chi connectivity index (χ0n) is 21.4. The Morgan fingerprint density at radius 1 is 1.25 bits per heavy atom. The number of anilines is 1. The molecular weight excluding hydrogens is 452 g/mol. The number of nitrogens with zero attached hydrogens (tertiary/aromatic N) is 4. The Kier molecular flexibility index (Phi) is 7.85. The highest BCUT2D eigenvalue weighted by Gasteiger charge is 2.33. The third-order valence-corrected chi connectivity index (χ3v) is 6.96. The Morgan fingerprint density at radius 3 is 2.67 bits per heavy atom. The van der Waals surface area contributed by atoms with E-state index in [0.29, 0.717) is 62.0 Å². The molecule has 1 amide bonds. The van der Waals surface area contributed by atoms with Gasteiger partial charge in [-0.05, 0) is 49.5 Å². The summed E-state index contributed by atoms with van der Waals surface area (Å²) in [4.78, 5) is 33.9. The summed E-state index contributed by atoms with van der Waals surface area (Å²) in [5.74, 6) is 1.19. The van der Waals surface area contributed by atoms with Crippen LogP contribution in [0.4, 0.5) is 5.82 Å². The molecule has 0 unspecified atom stereocenters. The van der Waals surface area contributed by atoms with Crippen molar-refractivity contribution < 1.29 is 14.3 Å². The number of hydrogen-bond acceptors (Lipinski definition) is 6. The van der Waals surface area contributed by atoms with Gasteiger partial charge in [-0.15, -0.1) is 0 Å². The highest BCUT2D eigenvalue weighted by Crippen LogP contribution is 2.45. The van der Waals surface area contributed by atoms with Crippen LogP contribution in [0, 0.1) is 11.3 Å². The molecule has 1 saturated heterocycles. The second-order valence-corrected chi connectivity index (χ2v) is 9.88. The summed E-state index contributed by atoms with van der Waals surface area (Å²) in [6.45, 7) is 9.80. The van der Waals surface area contributed by atoms with Crippen LogP contribution in [0.25, 0.3) is 11.1 Å². The highest BCUT2D eigenvalue weighted by atomic mass is 16.5. The van der Waals surface area contributed by atoms with Gasteiger partial charge in [0.15, 0.2) is 5.78 Å². The summed E-state index contributed by atoms with van der Waals surface area (Å²) in [6.07, 6.45) is 2.85. The summed E-state index contributed by atoms with van der Waals surface area (Å²) in [7, 11) is 1.60. The Morgan fingerprint density at radius 2 is 2.03 bits per heavy atom. The van der Waals surface area contributed by atoms with Crippen LogP contribution in [0.2, 0.25) is 0 Å². The zero-order valence-corrected chi connectivity index (χ0v) is 21.4. The number of carbonyl (C=O) groups is 2. The van der Waals surface area contributed by atoms with Gasteiger partial charge in [-0.2, -0.15) is 5.26 Å². The third-order valence-electron chi connectivity index (χ3n) is 6.96. The van der Waals surface area contributed by atoms with Gasteiger partial charge in [-0.25, -0.2) is 4.98 Å². The van der Waals surface area contributed by atoms with E-state index in [2.05, 4.69) is 17.5 Å². The normalized spacial score (nSPS) is 17.6. The van der Waals surface area contributed by atoms with E-state index >= 15 is 0 Å². The average molecular weight is 487 g/mol. The van der Waals surface area contributed by atoms with Crippen molar-refractivity contribution in [2.45, 2.75) is 51.5 Å². The molecule has 36 heavy (non-hydrogen) atoms. The molecule has 4 rings (SSSR count). The van der Waals surface area contributed by atoms with Crippen molar-refractivity contribution in [2.24, 2.45) is 0 Å². The van der Waals surface area contributed by atoms with Crippen molar-refractivity contribution in [2.75, 3.05) is 38.3 Å². The van der Waals surface area contributed by atoms with Crippen LogP contribution >= 0.6 is 0 Å². The van der Waals surface area contributed by atoms with Gasteiger partial charge in [-0.1, -0.05) is 30.8 Å². The van der Waals surface area contributed by atoms with Crippen molar-refractivity contribution in [3.8, 4) is 17.2 Å². The Hall–Kier alpha value is -3.50. The molecule has 1 aliphatic carbocycles. The molecule has 2 aliphatic rings. The summed E-state index contributed by atoms with van der Waals surface area (Å²) in [5, 5.41) is 10.1. The first-order chi connectivity index (χ1) is 17.3. The molecule has 2 aromatic rings. The van der Waals surface area contributed by atoms with E-state index in [4.69, 9.17) is 9.72 Å². The number of methoxy groups -OCH3 is 1. The lowest BCUT2D eigenvalue weighted by atomic mass is 9.95. The summed E-state index contributed by atoms with van der Waals surface area (Å²) < 4.78 is 5.06. The molecule has 2 fully saturated rings. The van der Waals surface area contributed by atoms with Crippen LogP contribution in [0.3, 0.4) is 0 Å². The predicted octanol–water partition coefficient (Wildman–Crippen LogP) is 4.26. The van der Waals surface area contributed by atoms with Gasteiger partial charge in [-0.3, -0.25) is 9.59 Å². The van der Waals surface area contributed by atoms with Gasteiger partial charge in [0.1, 0.15) is 11.9 Å². The lowest BCUT2D eigenvalue weighted by Crippen LogP contribution is -2.54. The number of aromatic nitrogens is 1. The van der Waals surface area contributed by atoms with Crippen molar-refractivity contribution in [3.05, 3.63) is 59.3 Å². The minimum Gasteiger partial charge on any atom is -0.384 e. The topological polar surface area (TPSA) is 86.5 Å². The number of piperazine rings is 1. The molecule has 188 valence electrons. The maximum Gasteiger partial charge on any atom is 0.225 e. The number of rotatable bonds is 9. The second kappa shape index (κ2) is 11.0. The molecule has 7 heteroatoms. The van der Waals surface area contributed by atoms with Crippen LogP contribution in [0.1, 0.15) is 55.8 Å². The number of pyridine rings is 1. The Bertz CT molecular complexity index is 1210. The Labute approximate surface area is 213 Å². The molecule has 1 saturated carbocycles. The molecule has 0 bridgehead atoms. The SMILES string of the molecule is C=C(C)C(=O)Cc1cccc(-c2cc(C#N)c(N3CCN(C(=O)CCOC)[C@H](C)C3)nc2C2CC2)c1. The first kappa shape index (κ1) is 25.6. The average Bonchev–Trinajstić information content (AvgIpc) is 3.72. The molecule has 2 heterocycles. The maximum absolute atomic E-state index is 12.6. The number of ketones is 1. The fraction of sp³-hybridized carbons (Fsp3) is 0.448. The maximum atomic E-state index is 12.6. The number of nitriles is 1. The summed E-state index contributed by atoms with van der Waals surface area (Å²) in [6, 6.07) is 12.3. The van der Waals surface area contributed by atoms with Gasteiger partial charge in [0.25, 0.3) is 0 Å². The van der Waals surface area contributed by atoms with Crippen LogP contribution < -0.4 is 4.90 Å². The van der Waals surface area contributed by atoms with E-state index in [-0.39, 0.29) is 17.7 Å². The number of benzene rings is 1.